The minimum absolute atomic E-state index is 0.00110. The highest BCUT2D eigenvalue weighted by Gasteiger charge is 2.23. The van der Waals surface area contributed by atoms with Crippen molar-refractivity contribution in [1.29, 1.82) is 0 Å². The van der Waals surface area contributed by atoms with E-state index >= 15 is 0 Å². The lowest BCUT2D eigenvalue weighted by Crippen LogP contribution is -2.14. The van der Waals surface area contributed by atoms with Gasteiger partial charge in [0.15, 0.2) is 5.69 Å². The van der Waals surface area contributed by atoms with Crippen LogP contribution in [0.25, 0.3) is 17.2 Å². The van der Waals surface area contributed by atoms with E-state index in [1.807, 2.05) is 0 Å². The zero-order valence-corrected chi connectivity index (χ0v) is 16.3. The maximum absolute atomic E-state index is 13.5. The third kappa shape index (κ3) is 4.42. The second kappa shape index (κ2) is 7.60. The summed E-state index contributed by atoms with van der Waals surface area (Å²) in [6.07, 6.45) is 1.48. The number of hydrogen-bond acceptors (Lipinski definition) is 9. The van der Waals surface area contributed by atoms with Crippen LogP contribution < -0.4 is 11.1 Å². The van der Waals surface area contributed by atoms with Crippen molar-refractivity contribution in [3.8, 4) is 17.2 Å². The van der Waals surface area contributed by atoms with Gasteiger partial charge >= 0.3 is 5.76 Å². The molecule has 0 saturated heterocycles. The van der Waals surface area contributed by atoms with E-state index in [0.29, 0.717) is 6.42 Å². The van der Waals surface area contributed by atoms with Gasteiger partial charge in [-0.3, -0.25) is 4.52 Å². The fraction of sp³-hybridized carbons (Fsp3) is 0.286. The minimum Gasteiger partial charge on any atom is -0.365 e. The van der Waals surface area contributed by atoms with Crippen molar-refractivity contribution < 1.29 is 22.0 Å². The molecule has 1 aromatic carbocycles. The van der Waals surface area contributed by atoms with Crippen molar-refractivity contribution in [2.45, 2.75) is 6.42 Å². The van der Waals surface area contributed by atoms with Gasteiger partial charge in [-0.15, -0.1) is 0 Å². The van der Waals surface area contributed by atoms with E-state index in [1.165, 1.54) is 18.2 Å². The second-order valence-electron chi connectivity index (χ2n) is 5.58. The lowest BCUT2D eigenvalue weighted by atomic mass is 10.3. The molecule has 3 rings (SSSR count). The summed E-state index contributed by atoms with van der Waals surface area (Å²) in [5.74, 6) is -1.16. The molecule has 3 aromatic rings. The normalized spacial score (nSPS) is 11.7. The highest BCUT2D eigenvalue weighted by Crippen LogP contribution is 2.26. The Balaban J connectivity index is 1.89. The minimum atomic E-state index is -3.08. The number of benzene rings is 1. The molecule has 144 valence electrons. The summed E-state index contributed by atoms with van der Waals surface area (Å²) in [6, 6.07) is 3.92. The molecule has 10 nitrogen and oxygen atoms in total. The second-order valence-corrected chi connectivity index (χ2v) is 8.69. The number of aromatic nitrogens is 4. The van der Waals surface area contributed by atoms with E-state index in [4.69, 9.17) is 9.15 Å². The van der Waals surface area contributed by atoms with Crippen molar-refractivity contribution in [3.63, 3.8) is 0 Å². The average Bonchev–Trinajstić information content (AvgIpc) is 3.19. The van der Waals surface area contributed by atoms with Gasteiger partial charge in [-0.2, -0.15) is 0 Å². The number of sulfone groups is 1. The standard InChI is InChI=1S/C14H13BrFN5O5S/c1-27(23,24)6-2-5-17-12-11(18-26-19-12)13-20-25-14(22)21(13)8-3-4-10(16)9(15)7-8/h3-4,7H,2,5-6H2,1H3,(H,17,19). The molecule has 0 radical (unpaired) electrons. The van der Waals surface area contributed by atoms with Crippen molar-refractivity contribution >= 4 is 31.6 Å². The molecule has 0 spiro atoms. The molecule has 2 aromatic heterocycles. The molecule has 0 bridgehead atoms. The van der Waals surface area contributed by atoms with Crippen molar-refractivity contribution in [2.24, 2.45) is 0 Å². The van der Waals surface area contributed by atoms with Gasteiger partial charge in [-0.25, -0.2) is 26.8 Å². The van der Waals surface area contributed by atoms with Gasteiger partial charge in [0.25, 0.3) is 0 Å². The Bertz CT molecular complexity index is 1120. The molecule has 2 heterocycles. The first-order chi connectivity index (χ1) is 12.8. The molecule has 0 amide bonds. The summed E-state index contributed by atoms with van der Waals surface area (Å²) in [4.78, 5) is 12.1. The van der Waals surface area contributed by atoms with Crippen LogP contribution in [0.1, 0.15) is 6.42 Å². The Hall–Kier alpha value is -2.54. The number of rotatable bonds is 7. The van der Waals surface area contributed by atoms with E-state index in [-0.39, 0.29) is 39.8 Å². The van der Waals surface area contributed by atoms with Gasteiger partial charge in [0.05, 0.1) is 15.9 Å². The highest BCUT2D eigenvalue weighted by molar-refractivity contribution is 9.10. The number of halogens is 2. The Kier molecular flexibility index (Phi) is 5.41. The van der Waals surface area contributed by atoms with Crippen LogP contribution in [0.4, 0.5) is 10.2 Å². The average molecular weight is 462 g/mol. The van der Waals surface area contributed by atoms with Crippen LogP contribution >= 0.6 is 15.9 Å². The van der Waals surface area contributed by atoms with Gasteiger partial charge < -0.3 is 5.32 Å². The Morgan fingerprint density at radius 1 is 1.30 bits per heavy atom. The summed E-state index contributed by atoms with van der Waals surface area (Å²) in [5, 5.41) is 14.0. The van der Waals surface area contributed by atoms with Crippen LogP contribution in [-0.2, 0) is 9.84 Å². The van der Waals surface area contributed by atoms with Gasteiger partial charge in [-0.1, -0.05) is 5.16 Å². The molecule has 0 aliphatic carbocycles. The molecular formula is C14H13BrFN5O5S. The number of nitrogens with zero attached hydrogens (tertiary/aromatic N) is 4. The third-order valence-electron chi connectivity index (χ3n) is 3.45. The maximum atomic E-state index is 13.5. The van der Waals surface area contributed by atoms with E-state index in [2.05, 4.69) is 36.7 Å². The van der Waals surface area contributed by atoms with Gasteiger partial charge in [-0.05, 0) is 50.9 Å². The van der Waals surface area contributed by atoms with Crippen molar-refractivity contribution in [3.05, 3.63) is 39.0 Å². The summed E-state index contributed by atoms with van der Waals surface area (Å²) >= 11 is 3.05. The van der Waals surface area contributed by atoms with E-state index in [9.17, 15) is 17.6 Å². The molecular weight excluding hydrogens is 449 g/mol. The molecule has 0 atom stereocenters. The van der Waals surface area contributed by atoms with E-state index in [1.54, 1.807) is 0 Å². The monoisotopic (exact) mass is 461 g/mol. The number of anilines is 1. The zero-order chi connectivity index (χ0) is 19.6. The molecule has 1 N–H and O–H groups in total. The first kappa shape index (κ1) is 19.2. The van der Waals surface area contributed by atoms with Crippen LogP contribution in [0, 0.1) is 5.82 Å². The van der Waals surface area contributed by atoms with Crippen LogP contribution in [-0.4, -0.2) is 47.0 Å². The SMILES string of the molecule is CS(=O)(=O)CCCNc1nonc1-c1noc(=O)n1-c1ccc(F)c(Br)c1. The molecule has 27 heavy (non-hydrogen) atoms. The largest absolute Gasteiger partial charge is 0.446 e. The Labute approximate surface area is 160 Å². The predicted molar refractivity (Wildman–Crippen MR) is 95.9 cm³/mol. The lowest BCUT2D eigenvalue weighted by Gasteiger charge is -2.05. The Morgan fingerprint density at radius 3 is 2.78 bits per heavy atom. The topological polar surface area (TPSA) is 133 Å². The first-order valence-corrected chi connectivity index (χ1v) is 10.4. The Morgan fingerprint density at radius 2 is 2.07 bits per heavy atom. The summed E-state index contributed by atoms with van der Waals surface area (Å²) in [7, 11) is -3.08. The molecule has 0 unspecified atom stereocenters. The van der Waals surface area contributed by atoms with Crippen LogP contribution in [0.3, 0.4) is 0 Å². The number of nitrogens with one attached hydrogen (secondary N) is 1. The van der Waals surface area contributed by atoms with E-state index in [0.717, 1.165) is 10.8 Å². The first-order valence-electron chi connectivity index (χ1n) is 7.55. The molecule has 0 saturated carbocycles. The third-order valence-corrected chi connectivity index (χ3v) is 5.09. The van der Waals surface area contributed by atoms with Gasteiger partial charge in [0.1, 0.15) is 15.7 Å². The fourth-order valence-corrected chi connectivity index (χ4v) is 3.28. The summed E-state index contributed by atoms with van der Waals surface area (Å²) in [5.41, 5.74) is 0.371. The van der Waals surface area contributed by atoms with E-state index < -0.39 is 21.4 Å². The smallest absolute Gasteiger partial charge is 0.365 e. The summed E-state index contributed by atoms with van der Waals surface area (Å²) < 4.78 is 46.4. The van der Waals surface area contributed by atoms with Gasteiger partial charge in [0, 0.05) is 12.8 Å². The van der Waals surface area contributed by atoms with Crippen molar-refractivity contribution in [2.75, 3.05) is 23.9 Å². The summed E-state index contributed by atoms with van der Waals surface area (Å²) in [6.45, 7) is 0.276. The molecule has 0 aliphatic rings. The van der Waals surface area contributed by atoms with Crippen LogP contribution in [0.5, 0.6) is 0 Å². The molecule has 0 fully saturated rings. The molecule has 0 aliphatic heterocycles. The quantitative estimate of drug-likeness (QED) is 0.520. The maximum Gasteiger partial charge on any atom is 0.446 e. The molecule has 13 heteroatoms. The lowest BCUT2D eigenvalue weighted by molar-refractivity contribution is 0.309. The predicted octanol–water partition coefficient (Wildman–Crippen LogP) is 1.62. The highest BCUT2D eigenvalue weighted by atomic mass is 79.9. The zero-order valence-electron chi connectivity index (χ0n) is 13.8. The van der Waals surface area contributed by atoms with Crippen molar-refractivity contribution in [1.82, 2.24) is 20.0 Å². The fourth-order valence-electron chi connectivity index (χ4n) is 2.24. The van der Waals surface area contributed by atoms with Gasteiger partial charge in [0.2, 0.25) is 11.6 Å². The van der Waals surface area contributed by atoms with Crippen LogP contribution in [0.2, 0.25) is 0 Å². The number of hydrogen-bond donors (Lipinski definition) is 1. The van der Waals surface area contributed by atoms with Crippen LogP contribution in [0.15, 0.2) is 36.6 Å².